The molecule has 0 saturated heterocycles. The fraction of sp³-hybridized carbons (Fsp3) is 0.174. The average Bonchev–Trinajstić information content (AvgIpc) is 2.96. The molecular weight excluding hydrogens is 675 g/mol. The molecule has 4 rings (SSSR count). The van der Waals surface area contributed by atoms with E-state index in [0.717, 1.165) is 17.7 Å². The van der Waals surface area contributed by atoms with Crippen molar-refractivity contribution < 1.29 is 76.7 Å². The maximum Gasteiger partial charge on any atom is 0.234 e. The maximum atomic E-state index is 10.5. The van der Waals surface area contributed by atoms with Crippen molar-refractivity contribution in [3.8, 4) is 5.75 Å². The van der Waals surface area contributed by atoms with E-state index in [1.165, 1.54) is 6.07 Å². The topological polar surface area (TPSA) is 181 Å². The summed E-state index contributed by atoms with van der Waals surface area (Å²) in [4.78, 5) is 16.3. The maximum absolute atomic E-state index is 10.5. The molecule has 1 radical (unpaired) electrons. The molecule has 14 nitrogen and oxygen atoms in total. The Kier molecular flexibility index (Phi) is 16.1. The van der Waals surface area contributed by atoms with Crippen molar-refractivity contribution in [3.05, 3.63) is 60.4 Å². The Morgan fingerprint density at radius 3 is 2.22 bits per heavy atom. The van der Waals surface area contributed by atoms with Crippen molar-refractivity contribution in [2.75, 3.05) is 23.0 Å². The van der Waals surface area contributed by atoms with E-state index in [1.54, 1.807) is 31.4 Å². The number of fused-ring (bicyclic) bond motifs is 1. The summed E-state index contributed by atoms with van der Waals surface area (Å²) in [5, 5.41) is 46.6. The zero-order valence-corrected chi connectivity index (χ0v) is 27.1. The molecule has 0 unspecified atom stereocenters. The fourth-order valence-corrected chi connectivity index (χ4v) is 4.52. The van der Waals surface area contributed by atoms with Crippen LogP contribution in [-0.2, 0) is 55.8 Å². The molecule has 0 spiro atoms. The third-order valence-corrected chi connectivity index (χ3v) is 6.47. The van der Waals surface area contributed by atoms with Crippen LogP contribution in [-0.4, -0.2) is 48.6 Å². The van der Waals surface area contributed by atoms with Gasteiger partial charge in [0, 0.05) is 78.9 Å². The molecule has 1 heterocycles. The van der Waals surface area contributed by atoms with Crippen LogP contribution in [0.3, 0.4) is 0 Å². The van der Waals surface area contributed by atoms with Gasteiger partial charge in [-0.15, -0.1) is 8.67 Å². The monoisotopic (exact) mass is 700 g/mol. The largest absolute Gasteiger partial charge is 0.507 e. The normalized spacial score (nSPS) is 10.5. The molecule has 0 aliphatic heterocycles. The van der Waals surface area contributed by atoms with Crippen LogP contribution in [0, 0.1) is 6.92 Å². The minimum absolute atomic E-state index is 0. The van der Waals surface area contributed by atoms with Crippen molar-refractivity contribution in [2.45, 2.75) is 23.6 Å². The third-order valence-electron chi connectivity index (χ3n) is 5.03. The predicted octanol–water partition coefficient (Wildman–Crippen LogP) is 6.55. The second kappa shape index (κ2) is 18.6. The molecule has 1 aromatic heterocycles. The Labute approximate surface area is 272 Å². The summed E-state index contributed by atoms with van der Waals surface area (Å²) in [6.45, 7) is 4.39. The first kappa shape index (κ1) is 35.4. The molecular formula is C23H25N5O9S3Y. The van der Waals surface area contributed by atoms with Crippen LogP contribution in [0.1, 0.15) is 12.7 Å². The Morgan fingerprint density at radius 2 is 1.59 bits per heavy atom. The number of phenolic OH excluding ortho intramolecular Hbond substituents is 1. The standard InChI is InChI=1S/C22H21N5O7S2.CH4O2S.Y/c1-3-27(14-7-5-4-6-8-14)22-24-13(2)23-21(26-22)25-18-10-9-16-17(20(18)36-34-32-30)11-15(12-19(16)28)35-33-31-29;1-4-3-2;/h4-12,28-30H,3H2,1-2H3,(H,23,24,25,26);2H,1H3;. The number of aromatic hydroxyl groups is 1. The molecule has 0 aliphatic carbocycles. The first-order chi connectivity index (χ1) is 19.4. The van der Waals surface area contributed by atoms with Gasteiger partial charge in [-0.25, -0.2) is 15.8 Å². The second-order valence-electron chi connectivity index (χ2n) is 7.38. The van der Waals surface area contributed by atoms with E-state index in [2.05, 4.69) is 39.0 Å². The summed E-state index contributed by atoms with van der Waals surface area (Å²) < 4.78 is 12.6. The molecule has 3 aromatic carbocycles. The minimum Gasteiger partial charge on any atom is -0.507 e. The molecule has 0 atom stereocenters. The van der Waals surface area contributed by atoms with Crippen molar-refractivity contribution in [2.24, 2.45) is 0 Å². The van der Waals surface area contributed by atoms with Crippen molar-refractivity contribution in [1.82, 2.24) is 15.0 Å². The summed E-state index contributed by atoms with van der Waals surface area (Å²) in [6.07, 6.45) is 1.62. The molecule has 18 heteroatoms. The van der Waals surface area contributed by atoms with Gasteiger partial charge in [-0.1, -0.05) is 28.3 Å². The van der Waals surface area contributed by atoms with E-state index in [4.69, 9.17) is 20.1 Å². The zero-order chi connectivity index (χ0) is 28.9. The molecule has 0 fully saturated rings. The number of rotatable bonds is 12. The molecule has 0 bridgehead atoms. The SMILES string of the molecule is CCN(c1ccccc1)c1nc(C)nc(Nc2ccc3c(O)cc(SOOO)cc3c2SOOO)n1.CSOO.[Y]. The van der Waals surface area contributed by atoms with Crippen LogP contribution in [0.25, 0.3) is 10.8 Å². The van der Waals surface area contributed by atoms with Gasteiger partial charge in [-0.05, 0) is 50.2 Å². The number of para-hydroxylation sites is 1. The second-order valence-corrected chi connectivity index (χ2v) is 9.35. The van der Waals surface area contributed by atoms with Gasteiger partial charge in [-0.2, -0.15) is 19.3 Å². The van der Waals surface area contributed by atoms with E-state index in [0.29, 0.717) is 68.7 Å². The van der Waals surface area contributed by atoms with Gasteiger partial charge in [0.25, 0.3) is 0 Å². The van der Waals surface area contributed by atoms with E-state index in [9.17, 15) is 5.11 Å². The van der Waals surface area contributed by atoms with Crippen LogP contribution in [0.15, 0.2) is 64.4 Å². The Balaban J connectivity index is 0.00000110. The summed E-state index contributed by atoms with van der Waals surface area (Å²) in [6, 6.07) is 16.2. The number of hydrogen-bond acceptors (Lipinski definition) is 17. The number of aromatic nitrogens is 3. The van der Waals surface area contributed by atoms with Gasteiger partial charge in [0.15, 0.2) is 0 Å². The van der Waals surface area contributed by atoms with Gasteiger partial charge in [0.1, 0.15) is 11.6 Å². The number of nitrogens with one attached hydrogen (secondary N) is 1. The Morgan fingerprint density at radius 1 is 0.902 bits per heavy atom. The number of aryl methyl sites for hydroxylation is 1. The molecule has 4 aromatic rings. The number of benzene rings is 3. The zero-order valence-electron chi connectivity index (χ0n) is 21.8. The van der Waals surface area contributed by atoms with Crippen LogP contribution in [0.4, 0.5) is 23.3 Å². The number of anilines is 4. The van der Waals surface area contributed by atoms with Crippen LogP contribution >= 0.6 is 36.1 Å². The summed E-state index contributed by atoms with van der Waals surface area (Å²) >= 11 is 2.28. The molecule has 5 N–H and O–H groups in total. The number of phenols is 1. The minimum atomic E-state index is -0.0606. The van der Waals surface area contributed by atoms with Crippen LogP contribution < -0.4 is 10.2 Å². The van der Waals surface area contributed by atoms with Crippen molar-refractivity contribution in [1.29, 1.82) is 0 Å². The fourth-order valence-electron chi connectivity index (χ4n) is 3.51. The van der Waals surface area contributed by atoms with E-state index in [-0.39, 0.29) is 44.4 Å². The van der Waals surface area contributed by atoms with Crippen molar-refractivity contribution >= 4 is 70.2 Å². The molecule has 0 aliphatic rings. The first-order valence-corrected chi connectivity index (χ1v) is 13.8. The van der Waals surface area contributed by atoms with Crippen molar-refractivity contribution in [3.63, 3.8) is 0 Å². The number of nitrogens with zero attached hydrogens (tertiary/aromatic N) is 4. The summed E-state index contributed by atoms with van der Waals surface area (Å²) in [7, 11) is 0. The molecule has 41 heavy (non-hydrogen) atoms. The Hall–Kier alpha value is -1.84. The van der Waals surface area contributed by atoms with E-state index >= 15 is 0 Å². The molecule has 0 amide bonds. The van der Waals surface area contributed by atoms with E-state index in [1.807, 2.05) is 42.2 Å². The quantitative estimate of drug-likeness (QED) is 0.0609. The van der Waals surface area contributed by atoms with Gasteiger partial charge in [0.2, 0.25) is 11.9 Å². The van der Waals surface area contributed by atoms with E-state index < -0.39 is 0 Å². The van der Waals surface area contributed by atoms with Gasteiger partial charge in [-0.3, -0.25) is 0 Å². The van der Waals surface area contributed by atoms with Crippen LogP contribution in [0.2, 0.25) is 0 Å². The first-order valence-electron chi connectivity index (χ1n) is 11.2. The van der Waals surface area contributed by atoms with Gasteiger partial charge < -0.3 is 15.3 Å². The van der Waals surface area contributed by atoms with Gasteiger partial charge in [0.05, 0.1) is 34.7 Å². The van der Waals surface area contributed by atoms with Gasteiger partial charge >= 0.3 is 0 Å². The molecule has 217 valence electrons. The van der Waals surface area contributed by atoms with Crippen LogP contribution in [0.5, 0.6) is 5.75 Å². The average molecular weight is 701 g/mol. The Bertz CT molecular complexity index is 1380. The summed E-state index contributed by atoms with van der Waals surface area (Å²) in [5.41, 5.74) is 1.42. The third kappa shape index (κ3) is 10.1. The predicted molar refractivity (Wildman–Crippen MR) is 151 cm³/mol. The molecule has 0 saturated carbocycles. The smallest absolute Gasteiger partial charge is 0.234 e. The number of hydrogen-bond donors (Lipinski definition) is 5. The summed E-state index contributed by atoms with van der Waals surface area (Å²) in [5.74, 6) is 1.17.